The molecular weight excluding hydrogens is 382 g/mol. The summed E-state index contributed by atoms with van der Waals surface area (Å²) in [6, 6.07) is 15.9. The molecule has 148 valence electrons. The van der Waals surface area contributed by atoms with Crippen LogP contribution in [0.2, 0.25) is 0 Å². The van der Waals surface area contributed by atoms with Crippen LogP contribution in [0.1, 0.15) is 43.8 Å². The molecule has 0 aliphatic carbocycles. The number of fused-ring (bicyclic) bond motifs is 1. The van der Waals surface area contributed by atoms with E-state index < -0.39 is 5.91 Å². The molecule has 1 aromatic heterocycles. The van der Waals surface area contributed by atoms with Gasteiger partial charge in [-0.2, -0.15) is 5.26 Å². The molecule has 0 bridgehead atoms. The van der Waals surface area contributed by atoms with Crippen molar-refractivity contribution in [3.63, 3.8) is 0 Å². The Morgan fingerprint density at radius 2 is 1.97 bits per heavy atom. The van der Waals surface area contributed by atoms with Crippen molar-refractivity contribution in [3.05, 3.63) is 82.5 Å². The van der Waals surface area contributed by atoms with Gasteiger partial charge in [-0.25, -0.2) is 4.98 Å². The van der Waals surface area contributed by atoms with Gasteiger partial charge in [0, 0.05) is 30.3 Å². The lowest BCUT2D eigenvalue weighted by Gasteiger charge is -2.18. The number of aromatic nitrogens is 1. The molecule has 0 radical (unpaired) electrons. The number of rotatable bonds is 5. The van der Waals surface area contributed by atoms with Gasteiger partial charge in [0.2, 0.25) is 11.8 Å². The Morgan fingerprint density at radius 1 is 1.17 bits per heavy atom. The number of ether oxygens (including phenoxy) is 2. The number of benzene rings is 2. The van der Waals surface area contributed by atoms with E-state index >= 15 is 0 Å². The predicted octanol–water partition coefficient (Wildman–Crippen LogP) is 3.40. The summed E-state index contributed by atoms with van der Waals surface area (Å²) < 4.78 is 11.4. The first-order valence-electron chi connectivity index (χ1n) is 9.29. The van der Waals surface area contributed by atoms with Crippen molar-refractivity contribution >= 4 is 11.7 Å². The number of carbonyl (C=O) groups is 2. The van der Waals surface area contributed by atoms with Crippen molar-refractivity contribution in [3.8, 4) is 23.4 Å². The van der Waals surface area contributed by atoms with E-state index in [1.165, 1.54) is 6.07 Å². The number of hydrogen-bond donors (Lipinski definition) is 1. The van der Waals surface area contributed by atoms with E-state index in [1.807, 2.05) is 24.3 Å². The minimum Gasteiger partial charge on any atom is -0.492 e. The normalized spacial score (nSPS) is 12.4. The molecule has 7 heteroatoms. The van der Waals surface area contributed by atoms with Crippen LogP contribution >= 0.6 is 0 Å². The van der Waals surface area contributed by atoms with Crippen molar-refractivity contribution in [1.82, 2.24) is 4.98 Å². The van der Waals surface area contributed by atoms with Crippen molar-refractivity contribution in [2.75, 3.05) is 6.61 Å². The average Bonchev–Trinajstić information content (AvgIpc) is 2.74. The highest BCUT2D eigenvalue weighted by molar-refractivity contribution is 6.02. The van der Waals surface area contributed by atoms with Gasteiger partial charge in [-0.1, -0.05) is 12.1 Å². The van der Waals surface area contributed by atoms with Gasteiger partial charge in [-0.15, -0.1) is 0 Å². The van der Waals surface area contributed by atoms with Gasteiger partial charge in [-0.3, -0.25) is 9.59 Å². The Morgan fingerprint density at radius 3 is 2.70 bits per heavy atom. The summed E-state index contributed by atoms with van der Waals surface area (Å²) in [5.74, 6) is 0.504. The zero-order valence-corrected chi connectivity index (χ0v) is 15.9. The molecular formula is C23H17N3O4. The third-order valence-electron chi connectivity index (χ3n) is 4.73. The van der Waals surface area contributed by atoms with Gasteiger partial charge in [0.15, 0.2) is 5.78 Å². The molecule has 4 rings (SSSR count). The van der Waals surface area contributed by atoms with Crippen molar-refractivity contribution < 1.29 is 19.1 Å². The standard InChI is InChI=1S/C23H17N3O4/c24-13-17-11-18(12-20-22(17)19(27)6-8-29-20)30-21-10-15(5-7-26-21)9-14-1-3-16(4-2-14)23(25)28/h1-5,7,10-12H,6,8-9H2,(H2,25,28). The number of Topliss-reactive ketones (excluding diaryl/α,β-unsaturated/α-hetero) is 1. The second-order valence-corrected chi connectivity index (χ2v) is 6.82. The summed E-state index contributed by atoms with van der Waals surface area (Å²) in [5.41, 5.74) is 8.21. The van der Waals surface area contributed by atoms with Crippen molar-refractivity contribution in [2.45, 2.75) is 12.8 Å². The van der Waals surface area contributed by atoms with Crippen LogP contribution in [0.15, 0.2) is 54.7 Å². The highest BCUT2D eigenvalue weighted by Gasteiger charge is 2.24. The summed E-state index contributed by atoms with van der Waals surface area (Å²) >= 11 is 0. The summed E-state index contributed by atoms with van der Waals surface area (Å²) in [5, 5.41) is 9.41. The Hall–Kier alpha value is -4.18. The summed E-state index contributed by atoms with van der Waals surface area (Å²) in [6.07, 6.45) is 2.50. The second kappa shape index (κ2) is 8.05. The number of primary amides is 1. The molecule has 2 N–H and O–H groups in total. The van der Waals surface area contributed by atoms with Gasteiger partial charge in [-0.05, 0) is 41.8 Å². The largest absolute Gasteiger partial charge is 0.492 e. The number of ketones is 1. The Kier molecular flexibility index (Phi) is 5.14. The van der Waals surface area contributed by atoms with E-state index in [-0.39, 0.29) is 24.4 Å². The van der Waals surface area contributed by atoms with Crippen LogP contribution in [-0.2, 0) is 6.42 Å². The van der Waals surface area contributed by atoms with E-state index in [0.29, 0.717) is 34.9 Å². The van der Waals surface area contributed by atoms with Crippen LogP contribution in [0.25, 0.3) is 0 Å². The maximum absolute atomic E-state index is 12.1. The molecule has 30 heavy (non-hydrogen) atoms. The maximum Gasteiger partial charge on any atom is 0.248 e. The van der Waals surface area contributed by atoms with Gasteiger partial charge in [0.1, 0.15) is 17.6 Å². The predicted molar refractivity (Wildman–Crippen MR) is 108 cm³/mol. The van der Waals surface area contributed by atoms with Crippen LogP contribution in [0.3, 0.4) is 0 Å². The van der Waals surface area contributed by atoms with Crippen LogP contribution in [0, 0.1) is 11.3 Å². The first-order valence-corrected chi connectivity index (χ1v) is 9.29. The second-order valence-electron chi connectivity index (χ2n) is 6.82. The Labute approximate surface area is 172 Å². The SMILES string of the molecule is N#Cc1cc(Oc2cc(Cc3ccc(C(N)=O)cc3)ccn2)cc2c1C(=O)CCO2. The molecule has 0 spiro atoms. The number of pyridine rings is 1. The number of nitrogens with zero attached hydrogens (tertiary/aromatic N) is 2. The Bertz CT molecular complexity index is 1180. The van der Waals surface area contributed by atoms with E-state index in [4.69, 9.17) is 15.2 Å². The molecule has 3 aromatic rings. The molecule has 0 fully saturated rings. The topological polar surface area (TPSA) is 115 Å². The average molecular weight is 399 g/mol. The highest BCUT2D eigenvalue weighted by Crippen LogP contribution is 2.34. The summed E-state index contributed by atoms with van der Waals surface area (Å²) in [6.45, 7) is 0.280. The molecule has 0 unspecified atom stereocenters. The molecule has 0 saturated heterocycles. The molecule has 2 heterocycles. The van der Waals surface area contributed by atoms with E-state index in [1.54, 1.807) is 30.5 Å². The molecule has 1 amide bonds. The van der Waals surface area contributed by atoms with Crippen LogP contribution in [0.5, 0.6) is 17.4 Å². The molecule has 1 aliphatic heterocycles. The van der Waals surface area contributed by atoms with Crippen LogP contribution < -0.4 is 15.2 Å². The molecule has 1 aliphatic rings. The first kappa shape index (κ1) is 19.2. The maximum atomic E-state index is 12.1. The fourth-order valence-corrected chi connectivity index (χ4v) is 3.28. The lowest BCUT2D eigenvalue weighted by molar-refractivity contribution is 0.0932. The zero-order chi connectivity index (χ0) is 21.1. The number of carbonyl (C=O) groups excluding carboxylic acids is 2. The highest BCUT2D eigenvalue weighted by atomic mass is 16.5. The minimum atomic E-state index is -0.464. The molecule has 0 saturated carbocycles. The first-order chi connectivity index (χ1) is 14.5. The monoisotopic (exact) mass is 399 g/mol. The van der Waals surface area contributed by atoms with E-state index in [0.717, 1.165) is 11.1 Å². The van der Waals surface area contributed by atoms with E-state index in [2.05, 4.69) is 4.98 Å². The summed E-state index contributed by atoms with van der Waals surface area (Å²) in [7, 11) is 0. The van der Waals surface area contributed by atoms with Crippen molar-refractivity contribution in [2.24, 2.45) is 5.73 Å². The zero-order valence-electron chi connectivity index (χ0n) is 15.9. The third-order valence-corrected chi connectivity index (χ3v) is 4.73. The van der Waals surface area contributed by atoms with E-state index in [9.17, 15) is 14.9 Å². The fourth-order valence-electron chi connectivity index (χ4n) is 3.28. The number of nitriles is 1. The third kappa shape index (κ3) is 3.98. The van der Waals surface area contributed by atoms with Crippen LogP contribution in [0.4, 0.5) is 0 Å². The minimum absolute atomic E-state index is 0.109. The summed E-state index contributed by atoms with van der Waals surface area (Å²) in [4.78, 5) is 27.5. The van der Waals surface area contributed by atoms with Crippen molar-refractivity contribution in [1.29, 1.82) is 5.26 Å². The number of amides is 1. The molecule has 0 atom stereocenters. The van der Waals surface area contributed by atoms with Gasteiger partial charge in [0.05, 0.1) is 17.7 Å². The number of nitrogens with two attached hydrogens (primary N) is 1. The van der Waals surface area contributed by atoms with Gasteiger partial charge in [0.25, 0.3) is 0 Å². The fraction of sp³-hybridized carbons (Fsp3) is 0.130. The molecule has 7 nitrogen and oxygen atoms in total. The lowest BCUT2D eigenvalue weighted by Crippen LogP contribution is -2.16. The quantitative estimate of drug-likeness (QED) is 0.703. The molecule has 2 aromatic carbocycles. The van der Waals surface area contributed by atoms with Crippen LogP contribution in [-0.4, -0.2) is 23.3 Å². The Balaban J connectivity index is 1.55. The van der Waals surface area contributed by atoms with Gasteiger partial charge < -0.3 is 15.2 Å². The number of hydrogen-bond acceptors (Lipinski definition) is 6. The lowest BCUT2D eigenvalue weighted by atomic mass is 9.99. The smallest absolute Gasteiger partial charge is 0.248 e. The van der Waals surface area contributed by atoms with Gasteiger partial charge >= 0.3 is 0 Å².